The Bertz CT molecular complexity index is 2030. The third kappa shape index (κ3) is 5.70. The second kappa shape index (κ2) is 11.2. The number of carbonyl (C=O) groups is 1. The van der Waals surface area contributed by atoms with Crippen LogP contribution in [0, 0.1) is 11.7 Å². The molecule has 2 aliphatic carbocycles. The fraction of sp³-hybridized carbons (Fsp3) is 0.242. The Morgan fingerprint density at radius 3 is 2.53 bits per heavy atom. The van der Waals surface area contributed by atoms with E-state index >= 15 is 0 Å². The third-order valence-corrected chi connectivity index (χ3v) is 9.39. The van der Waals surface area contributed by atoms with Gasteiger partial charge in [0.15, 0.2) is 0 Å². The van der Waals surface area contributed by atoms with E-state index in [4.69, 9.17) is 4.74 Å². The molecule has 2 saturated carbocycles. The number of benzodiazepines with no additional fused rings is 1. The minimum atomic E-state index is -4.32. The molecule has 0 bridgehead atoms. The standard InChI is InChI=1S/C33H23F4N7O2S/c34-22-8-4-7-19-24(16-5-2-1-3-6-16)41-29(30(45)42-25(19)22)44-32-38-12-11-23(46-32)26-27(18-14-39-28(40-15-18)17-9-10-17)47-31(43-26)20-13-21(20)33(35,36)37/h1-8,12,14-15,17,20-21,29H,9-10,13H2,(H,38,44)(H,42,45)/t20?,21?,29-/m0/s1. The van der Waals surface area contributed by atoms with Gasteiger partial charge in [-0.15, -0.1) is 11.3 Å². The van der Waals surface area contributed by atoms with Crippen molar-refractivity contribution in [2.75, 3.05) is 5.32 Å². The molecular weight excluding hydrogens is 634 g/mol. The second-order valence-electron chi connectivity index (χ2n) is 11.5. The van der Waals surface area contributed by atoms with E-state index in [2.05, 4.69) is 41.3 Å². The number of alkyl halides is 3. The monoisotopic (exact) mass is 657 g/mol. The zero-order valence-electron chi connectivity index (χ0n) is 24.3. The molecule has 2 aliphatic heterocycles. The number of nitrogens with one attached hydrogen (secondary N) is 2. The molecule has 3 atom stereocenters. The Balaban J connectivity index is 1.14. The number of ether oxygens (including phenoxy) is 1. The van der Waals surface area contributed by atoms with E-state index < -0.39 is 35.9 Å². The number of benzene rings is 2. The van der Waals surface area contributed by atoms with Crippen molar-refractivity contribution in [1.29, 1.82) is 0 Å². The van der Waals surface area contributed by atoms with Crippen molar-refractivity contribution in [2.45, 2.75) is 43.4 Å². The maximum atomic E-state index is 14.9. The quantitative estimate of drug-likeness (QED) is 0.180. The van der Waals surface area contributed by atoms with Crippen LogP contribution >= 0.6 is 11.3 Å². The average Bonchev–Trinajstić information content (AvgIpc) is 4.01. The highest BCUT2D eigenvalue weighted by atomic mass is 32.1. The van der Waals surface area contributed by atoms with E-state index in [0.29, 0.717) is 38.2 Å². The number of carbonyl (C=O) groups excluding carboxylic acids is 1. The minimum Gasteiger partial charge on any atom is -0.415 e. The Kier molecular flexibility index (Phi) is 6.99. The predicted molar refractivity (Wildman–Crippen MR) is 166 cm³/mol. The molecule has 4 heterocycles. The molecule has 0 spiro atoms. The molecular formula is C33H23F4N7O2S. The van der Waals surface area contributed by atoms with Crippen LogP contribution in [0.2, 0.25) is 0 Å². The summed E-state index contributed by atoms with van der Waals surface area (Å²) in [5.41, 5.74) is 5.10. The van der Waals surface area contributed by atoms with Crippen molar-refractivity contribution in [3.63, 3.8) is 0 Å². The van der Waals surface area contributed by atoms with Gasteiger partial charge in [-0.2, -0.15) is 18.2 Å². The number of rotatable bonds is 6. The first-order chi connectivity index (χ1) is 22.7. The SMILES string of the molecule is O=C1Nc2c(F)cccc2C(c2ccccc2)=N[C@H]1/N=C1\NC=C=C(c2nc(C3CC3C(F)(F)F)sc2-c2cnc(C3CC3)nc2)O1. The lowest BCUT2D eigenvalue weighted by atomic mass is 10.0. The summed E-state index contributed by atoms with van der Waals surface area (Å²) in [7, 11) is 0. The Morgan fingerprint density at radius 1 is 1.02 bits per heavy atom. The summed E-state index contributed by atoms with van der Waals surface area (Å²) in [6, 6.07) is 13.3. The van der Waals surface area contributed by atoms with Gasteiger partial charge in [-0.3, -0.25) is 4.79 Å². The van der Waals surface area contributed by atoms with Crippen LogP contribution in [0.15, 0.2) is 82.8 Å². The molecule has 2 fully saturated rings. The molecule has 2 aromatic carbocycles. The van der Waals surface area contributed by atoms with E-state index in [-0.39, 0.29) is 29.6 Å². The van der Waals surface area contributed by atoms with Crippen LogP contribution in [-0.4, -0.2) is 44.9 Å². The molecule has 8 rings (SSSR count). The molecule has 2 N–H and O–H groups in total. The van der Waals surface area contributed by atoms with E-state index in [1.54, 1.807) is 42.7 Å². The van der Waals surface area contributed by atoms with Gasteiger partial charge in [-0.05, 0) is 25.3 Å². The first-order valence-electron chi connectivity index (χ1n) is 14.8. The molecule has 1 amide bonds. The zero-order valence-corrected chi connectivity index (χ0v) is 25.1. The fourth-order valence-electron chi connectivity index (χ4n) is 5.49. The summed E-state index contributed by atoms with van der Waals surface area (Å²) in [4.78, 5) is 36.4. The van der Waals surface area contributed by atoms with E-state index in [1.165, 1.54) is 18.3 Å². The molecule has 0 saturated heterocycles. The molecule has 236 valence electrons. The highest BCUT2D eigenvalue weighted by Gasteiger charge is 2.57. The number of hydrogen-bond acceptors (Lipinski definition) is 8. The van der Waals surface area contributed by atoms with Crippen LogP contribution in [0.5, 0.6) is 0 Å². The van der Waals surface area contributed by atoms with Gasteiger partial charge in [0, 0.05) is 40.9 Å². The summed E-state index contributed by atoms with van der Waals surface area (Å²) in [5, 5.41) is 5.71. The first kappa shape index (κ1) is 29.2. The van der Waals surface area contributed by atoms with Crippen LogP contribution in [0.25, 0.3) is 16.2 Å². The Labute approximate surface area is 268 Å². The molecule has 0 radical (unpaired) electrons. The lowest BCUT2D eigenvalue weighted by Crippen LogP contribution is -2.30. The number of para-hydroxylation sites is 1. The number of anilines is 1. The summed E-state index contributed by atoms with van der Waals surface area (Å²) >= 11 is 1.13. The topological polar surface area (TPSA) is 114 Å². The summed E-state index contributed by atoms with van der Waals surface area (Å²) in [6.45, 7) is 0. The van der Waals surface area contributed by atoms with Gasteiger partial charge in [0.25, 0.3) is 11.9 Å². The van der Waals surface area contributed by atoms with Gasteiger partial charge in [0.2, 0.25) is 11.9 Å². The summed E-state index contributed by atoms with van der Waals surface area (Å²) < 4.78 is 61.4. The van der Waals surface area contributed by atoms with Crippen molar-refractivity contribution in [1.82, 2.24) is 20.3 Å². The molecule has 9 nitrogen and oxygen atoms in total. The van der Waals surface area contributed by atoms with Crippen molar-refractivity contribution in [2.24, 2.45) is 15.9 Å². The number of amidine groups is 1. The third-order valence-electron chi connectivity index (χ3n) is 8.15. The van der Waals surface area contributed by atoms with Gasteiger partial charge < -0.3 is 15.4 Å². The molecule has 14 heteroatoms. The maximum absolute atomic E-state index is 14.9. The molecule has 4 aromatic rings. The van der Waals surface area contributed by atoms with Gasteiger partial charge in [-0.1, -0.05) is 48.2 Å². The molecule has 47 heavy (non-hydrogen) atoms. The fourth-order valence-corrected chi connectivity index (χ4v) is 6.71. The van der Waals surface area contributed by atoms with Crippen LogP contribution < -0.4 is 10.6 Å². The number of hydrogen-bond donors (Lipinski definition) is 2. The van der Waals surface area contributed by atoms with Gasteiger partial charge in [-0.25, -0.2) is 24.3 Å². The van der Waals surface area contributed by atoms with Crippen LogP contribution in [-0.2, 0) is 9.53 Å². The van der Waals surface area contributed by atoms with E-state index in [0.717, 1.165) is 30.0 Å². The van der Waals surface area contributed by atoms with Crippen molar-refractivity contribution >= 4 is 40.4 Å². The minimum absolute atomic E-state index is 0.0207. The average molecular weight is 658 g/mol. The lowest BCUT2D eigenvalue weighted by Gasteiger charge is -2.15. The Morgan fingerprint density at radius 2 is 1.81 bits per heavy atom. The van der Waals surface area contributed by atoms with Crippen LogP contribution in [0.3, 0.4) is 0 Å². The largest absolute Gasteiger partial charge is 0.415 e. The van der Waals surface area contributed by atoms with Crippen molar-refractivity contribution in [3.05, 3.63) is 106 Å². The number of fused-ring (bicyclic) bond motifs is 1. The van der Waals surface area contributed by atoms with Crippen LogP contribution in [0.1, 0.15) is 58.8 Å². The Hall–Kier alpha value is -5.20. The maximum Gasteiger partial charge on any atom is 0.392 e. The van der Waals surface area contributed by atoms with Gasteiger partial charge in [0.05, 0.1) is 33.4 Å². The van der Waals surface area contributed by atoms with Crippen molar-refractivity contribution in [3.8, 4) is 10.4 Å². The second-order valence-corrected chi connectivity index (χ2v) is 12.5. The molecule has 4 aliphatic rings. The number of aromatic nitrogens is 3. The highest BCUT2D eigenvalue weighted by Crippen LogP contribution is 2.58. The lowest BCUT2D eigenvalue weighted by molar-refractivity contribution is -0.148. The first-order valence-corrected chi connectivity index (χ1v) is 15.6. The van der Waals surface area contributed by atoms with Gasteiger partial charge >= 0.3 is 6.18 Å². The predicted octanol–water partition coefficient (Wildman–Crippen LogP) is 6.53. The molecule has 2 aromatic heterocycles. The van der Waals surface area contributed by atoms with Crippen molar-refractivity contribution < 1.29 is 27.1 Å². The summed E-state index contributed by atoms with van der Waals surface area (Å²) in [6.07, 6.45) is 0.967. The summed E-state index contributed by atoms with van der Waals surface area (Å²) in [5.74, 6) is -2.42. The van der Waals surface area contributed by atoms with Gasteiger partial charge in [0.1, 0.15) is 17.3 Å². The highest BCUT2D eigenvalue weighted by molar-refractivity contribution is 7.15. The number of amides is 1. The number of halogens is 4. The smallest absolute Gasteiger partial charge is 0.392 e. The number of aliphatic imine (C=N–C) groups is 2. The molecule has 2 unspecified atom stereocenters. The van der Waals surface area contributed by atoms with E-state index in [9.17, 15) is 22.4 Å². The number of nitrogens with zero attached hydrogens (tertiary/aromatic N) is 5. The normalized spacial score (nSPS) is 22.8. The number of thiazole rings is 1. The van der Waals surface area contributed by atoms with Crippen LogP contribution in [0.4, 0.5) is 23.2 Å². The van der Waals surface area contributed by atoms with E-state index in [1.807, 2.05) is 6.07 Å². The zero-order chi connectivity index (χ0) is 32.3.